The second-order valence-electron chi connectivity index (χ2n) is 2.55. The Kier molecular flexibility index (Phi) is 3.69. The summed E-state index contributed by atoms with van der Waals surface area (Å²) < 4.78 is 15.4. The quantitative estimate of drug-likeness (QED) is 0.728. The van der Waals surface area contributed by atoms with Gasteiger partial charge in [-0.15, -0.1) is 0 Å². The molecule has 1 aromatic rings. The van der Waals surface area contributed by atoms with Gasteiger partial charge < -0.3 is 10.3 Å². The highest BCUT2D eigenvalue weighted by atomic mass is 79.9. The summed E-state index contributed by atoms with van der Waals surface area (Å²) in [6.07, 6.45) is 0. The Morgan fingerprint density at radius 1 is 1.50 bits per heavy atom. The fourth-order valence-electron chi connectivity index (χ4n) is 0.873. The summed E-state index contributed by atoms with van der Waals surface area (Å²) in [6, 6.07) is 4.73. The second kappa shape index (κ2) is 4.42. The van der Waals surface area contributed by atoms with Gasteiger partial charge in [0.2, 0.25) is 0 Å². The standard InChI is InChI=1S/C7H9BrNO4P/c8-6-3-5(4-9)1-2-7(6)13-14(10,11)12/h1-3H,4,9H2,(H2,10,11,12). The van der Waals surface area contributed by atoms with Crippen molar-refractivity contribution in [2.24, 2.45) is 5.73 Å². The lowest BCUT2D eigenvalue weighted by atomic mass is 10.2. The average Bonchev–Trinajstić information content (AvgIpc) is 2.06. The molecule has 0 radical (unpaired) electrons. The van der Waals surface area contributed by atoms with Gasteiger partial charge in [-0.2, -0.15) is 0 Å². The van der Waals surface area contributed by atoms with Gasteiger partial charge in [0.25, 0.3) is 0 Å². The summed E-state index contributed by atoms with van der Waals surface area (Å²) in [5, 5.41) is 0. The minimum absolute atomic E-state index is 0.0931. The predicted molar refractivity (Wildman–Crippen MR) is 54.7 cm³/mol. The molecule has 1 aromatic carbocycles. The molecular formula is C7H9BrNO4P. The van der Waals surface area contributed by atoms with Gasteiger partial charge in [0.15, 0.2) is 0 Å². The van der Waals surface area contributed by atoms with E-state index in [4.69, 9.17) is 15.5 Å². The van der Waals surface area contributed by atoms with Gasteiger partial charge in [-0.25, -0.2) is 4.57 Å². The first-order valence-corrected chi connectivity index (χ1v) is 5.98. The first-order valence-electron chi connectivity index (χ1n) is 3.66. The molecule has 0 heterocycles. The van der Waals surface area contributed by atoms with E-state index in [-0.39, 0.29) is 5.75 Å². The number of hydrogen-bond acceptors (Lipinski definition) is 3. The van der Waals surface area contributed by atoms with E-state index in [1.807, 2.05) is 0 Å². The monoisotopic (exact) mass is 281 g/mol. The fourth-order valence-corrected chi connectivity index (χ4v) is 1.92. The van der Waals surface area contributed by atoms with Crippen molar-refractivity contribution in [3.63, 3.8) is 0 Å². The molecule has 4 N–H and O–H groups in total. The van der Waals surface area contributed by atoms with Crippen LogP contribution in [0.5, 0.6) is 5.75 Å². The third-order valence-corrected chi connectivity index (χ3v) is 2.50. The maximum Gasteiger partial charge on any atom is 0.524 e. The minimum atomic E-state index is -4.50. The topological polar surface area (TPSA) is 92.8 Å². The molecule has 0 aromatic heterocycles. The molecule has 0 atom stereocenters. The van der Waals surface area contributed by atoms with Crippen molar-refractivity contribution >= 4 is 23.8 Å². The number of rotatable bonds is 3. The molecule has 1 rings (SSSR count). The number of phosphoric ester groups is 1. The van der Waals surface area contributed by atoms with Gasteiger partial charge in [0.05, 0.1) is 4.47 Å². The van der Waals surface area contributed by atoms with Crippen molar-refractivity contribution in [3.8, 4) is 5.75 Å². The van der Waals surface area contributed by atoms with Gasteiger partial charge in [0, 0.05) is 6.54 Å². The van der Waals surface area contributed by atoms with Gasteiger partial charge in [-0.1, -0.05) is 6.07 Å². The molecule has 0 saturated heterocycles. The van der Waals surface area contributed by atoms with Crippen molar-refractivity contribution in [2.45, 2.75) is 6.54 Å². The highest BCUT2D eigenvalue weighted by Gasteiger charge is 2.17. The number of benzene rings is 1. The van der Waals surface area contributed by atoms with E-state index in [0.29, 0.717) is 11.0 Å². The molecule has 0 aliphatic carbocycles. The summed E-state index contributed by atoms with van der Waals surface area (Å²) in [6.45, 7) is 0.356. The predicted octanol–water partition coefficient (Wildman–Crippen LogP) is 1.38. The first kappa shape index (κ1) is 11.7. The average molecular weight is 282 g/mol. The summed E-state index contributed by atoms with van der Waals surface area (Å²) in [5.41, 5.74) is 6.22. The normalized spacial score (nSPS) is 11.4. The van der Waals surface area contributed by atoms with E-state index in [1.54, 1.807) is 12.1 Å². The molecule has 0 fully saturated rings. The Morgan fingerprint density at radius 3 is 2.57 bits per heavy atom. The molecule has 7 heteroatoms. The molecule has 0 bridgehead atoms. The van der Waals surface area contributed by atoms with Crippen LogP contribution in [0.2, 0.25) is 0 Å². The molecule has 0 spiro atoms. The fraction of sp³-hybridized carbons (Fsp3) is 0.143. The van der Waals surface area contributed by atoms with Crippen molar-refractivity contribution in [1.82, 2.24) is 0 Å². The zero-order chi connectivity index (χ0) is 10.8. The SMILES string of the molecule is NCc1ccc(OP(=O)(O)O)c(Br)c1. The van der Waals surface area contributed by atoms with Crippen molar-refractivity contribution in [3.05, 3.63) is 28.2 Å². The van der Waals surface area contributed by atoms with Crippen LogP contribution < -0.4 is 10.3 Å². The van der Waals surface area contributed by atoms with Crippen LogP contribution in [0.15, 0.2) is 22.7 Å². The molecule has 78 valence electrons. The van der Waals surface area contributed by atoms with E-state index in [2.05, 4.69) is 20.5 Å². The zero-order valence-corrected chi connectivity index (χ0v) is 9.53. The maximum absolute atomic E-state index is 10.5. The van der Waals surface area contributed by atoms with Gasteiger partial charge >= 0.3 is 7.82 Å². The van der Waals surface area contributed by atoms with Crippen LogP contribution in [-0.2, 0) is 11.1 Å². The molecule has 0 unspecified atom stereocenters. The van der Waals surface area contributed by atoms with Crippen LogP contribution >= 0.6 is 23.8 Å². The molecule has 14 heavy (non-hydrogen) atoms. The molecular weight excluding hydrogens is 273 g/mol. The lowest BCUT2D eigenvalue weighted by Crippen LogP contribution is -1.97. The number of nitrogens with two attached hydrogens (primary N) is 1. The maximum atomic E-state index is 10.5. The smallest absolute Gasteiger partial charge is 0.403 e. The van der Waals surface area contributed by atoms with Gasteiger partial charge in [-0.05, 0) is 33.6 Å². The van der Waals surface area contributed by atoms with Gasteiger partial charge in [0.1, 0.15) is 5.75 Å². The molecule has 5 nitrogen and oxygen atoms in total. The highest BCUT2D eigenvalue weighted by molar-refractivity contribution is 9.10. The van der Waals surface area contributed by atoms with Gasteiger partial charge in [-0.3, -0.25) is 9.79 Å². The summed E-state index contributed by atoms with van der Waals surface area (Å²) >= 11 is 3.12. The lowest BCUT2D eigenvalue weighted by Gasteiger charge is -2.09. The van der Waals surface area contributed by atoms with E-state index < -0.39 is 7.82 Å². The molecule has 0 amide bonds. The largest absolute Gasteiger partial charge is 0.524 e. The van der Waals surface area contributed by atoms with Crippen molar-refractivity contribution in [2.75, 3.05) is 0 Å². The Bertz CT molecular complexity index is 378. The van der Waals surface area contributed by atoms with E-state index >= 15 is 0 Å². The molecule has 0 aliphatic heterocycles. The third kappa shape index (κ3) is 3.40. The Morgan fingerprint density at radius 2 is 2.14 bits per heavy atom. The molecule has 0 saturated carbocycles. The van der Waals surface area contributed by atoms with Crippen LogP contribution in [0.25, 0.3) is 0 Å². The van der Waals surface area contributed by atoms with Crippen LogP contribution in [0.4, 0.5) is 0 Å². The van der Waals surface area contributed by atoms with Crippen LogP contribution in [0.3, 0.4) is 0 Å². The summed E-state index contributed by atoms with van der Waals surface area (Å²) in [5.74, 6) is 0.0931. The number of hydrogen-bond donors (Lipinski definition) is 3. The van der Waals surface area contributed by atoms with Crippen LogP contribution in [-0.4, -0.2) is 9.79 Å². The van der Waals surface area contributed by atoms with E-state index in [0.717, 1.165) is 5.56 Å². The van der Waals surface area contributed by atoms with E-state index in [1.165, 1.54) is 6.07 Å². The summed E-state index contributed by atoms with van der Waals surface area (Å²) in [4.78, 5) is 17.1. The minimum Gasteiger partial charge on any atom is -0.403 e. The third-order valence-electron chi connectivity index (χ3n) is 1.45. The number of halogens is 1. The molecule has 0 aliphatic rings. The van der Waals surface area contributed by atoms with Crippen LogP contribution in [0, 0.1) is 0 Å². The lowest BCUT2D eigenvalue weighted by molar-refractivity contribution is 0.282. The number of phosphoric acid groups is 1. The summed E-state index contributed by atoms with van der Waals surface area (Å²) in [7, 11) is -4.50. The Hall–Kier alpha value is -0.390. The Labute approximate surface area is 89.3 Å². The first-order chi connectivity index (χ1) is 6.42. The zero-order valence-electron chi connectivity index (χ0n) is 7.05. The van der Waals surface area contributed by atoms with E-state index in [9.17, 15) is 4.57 Å². The Balaban J connectivity index is 2.95. The second-order valence-corrected chi connectivity index (χ2v) is 4.57. The van der Waals surface area contributed by atoms with Crippen LogP contribution in [0.1, 0.15) is 5.56 Å². The highest BCUT2D eigenvalue weighted by Crippen LogP contribution is 2.40. The van der Waals surface area contributed by atoms with Crippen molar-refractivity contribution in [1.29, 1.82) is 0 Å². The van der Waals surface area contributed by atoms with Crippen molar-refractivity contribution < 1.29 is 18.9 Å².